The highest BCUT2D eigenvalue weighted by molar-refractivity contribution is 6.11. The van der Waals surface area contributed by atoms with Crippen LogP contribution in [-0.2, 0) is 4.74 Å². The number of H-pyrrole nitrogens is 1. The van der Waals surface area contributed by atoms with E-state index in [0.29, 0.717) is 11.3 Å². The van der Waals surface area contributed by atoms with Crippen LogP contribution in [0.4, 0.5) is 8.78 Å². The number of para-hydroxylation sites is 2. The number of halogens is 2. The number of fused-ring (bicyclic) bond motifs is 1. The average Bonchev–Trinajstić information content (AvgIpc) is 2.96. The van der Waals surface area contributed by atoms with Gasteiger partial charge in [-0.05, 0) is 32.0 Å². The molecule has 27 heavy (non-hydrogen) atoms. The SMILES string of the molecule is Cc1[nH]c2ccccc2c1C(=O)C(C)OC(=O)c1ccccc1OC(F)F. The lowest BCUT2D eigenvalue weighted by Gasteiger charge is -2.14. The van der Waals surface area contributed by atoms with E-state index in [1.54, 1.807) is 19.1 Å². The molecule has 0 aliphatic rings. The first-order chi connectivity index (χ1) is 12.9. The second-order valence-corrected chi connectivity index (χ2v) is 5.96. The second kappa shape index (κ2) is 7.57. The van der Waals surface area contributed by atoms with Gasteiger partial charge in [0, 0.05) is 22.2 Å². The lowest BCUT2D eigenvalue weighted by atomic mass is 10.0. The van der Waals surface area contributed by atoms with Crippen molar-refractivity contribution in [3.8, 4) is 5.75 Å². The summed E-state index contributed by atoms with van der Waals surface area (Å²) in [5, 5.41) is 0.726. The molecular formula is C20H17F2NO4. The molecule has 1 atom stereocenters. The van der Waals surface area contributed by atoms with Gasteiger partial charge in [0.1, 0.15) is 11.3 Å². The van der Waals surface area contributed by atoms with Crippen molar-refractivity contribution < 1.29 is 27.8 Å². The first-order valence-corrected chi connectivity index (χ1v) is 8.25. The number of nitrogens with one attached hydrogen (secondary N) is 1. The van der Waals surface area contributed by atoms with E-state index in [1.165, 1.54) is 31.2 Å². The van der Waals surface area contributed by atoms with Gasteiger partial charge in [-0.3, -0.25) is 4.79 Å². The Morgan fingerprint density at radius 3 is 2.44 bits per heavy atom. The normalized spacial score (nSPS) is 12.2. The zero-order chi connectivity index (χ0) is 19.6. The number of alkyl halides is 2. The van der Waals surface area contributed by atoms with E-state index in [9.17, 15) is 18.4 Å². The molecule has 0 amide bonds. The maximum absolute atomic E-state index is 12.8. The molecule has 3 aromatic rings. The van der Waals surface area contributed by atoms with E-state index in [-0.39, 0.29) is 17.1 Å². The molecule has 0 saturated heterocycles. The van der Waals surface area contributed by atoms with Gasteiger partial charge >= 0.3 is 12.6 Å². The fourth-order valence-electron chi connectivity index (χ4n) is 2.91. The second-order valence-electron chi connectivity index (χ2n) is 5.96. The molecule has 1 aromatic heterocycles. The Labute approximate surface area is 153 Å². The average molecular weight is 373 g/mol. The van der Waals surface area contributed by atoms with Crippen molar-refractivity contribution in [2.24, 2.45) is 0 Å². The minimum absolute atomic E-state index is 0.173. The summed E-state index contributed by atoms with van der Waals surface area (Å²) in [5.41, 5.74) is 1.72. The summed E-state index contributed by atoms with van der Waals surface area (Å²) in [4.78, 5) is 28.3. The summed E-state index contributed by atoms with van der Waals surface area (Å²) in [6.45, 7) is 0.123. The van der Waals surface area contributed by atoms with Crippen LogP contribution >= 0.6 is 0 Å². The summed E-state index contributed by atoms with van der Waals surface area (Å²) in [7, 11) is 0. The van der Waals surface area contributed by atoms with Gasteiger partial charge in [-0.25, -0.2) is 4.79 Å². The van der Waals surface area contributed by atoms with Crippen molar-refractivity contribution >= 4 is 22.7 Å². The predicted octanol–water partition coefficient (Wildman–Crippen LogP) is 4.51. The molecule has 2 aromatic carbocycles. The highest BCUT2D eigenvalue weighted by Gasteiger charge is 2.26. The van der Waals surface area contributed by atoms with Crippen LogP contribution in [0.3, 0.4) is 0 Å². The van der Waals surface area contributed by atoms with E-state index >= 15 is 0 Å². The number of hydrogen-bond acceptors (Lipinski definition) is 4. The van der Waals surface area contributed by atoms with Crippen LogP contribution in [0, 0.1) is 6.92 Å². The third-order valence-electron chi connectivity index (χ3n) is 4.12. The van der Waals surface area contributed by atoms with Crippen LogP contribution in [0.25, 0.3) is 10.9 Å². The van der Waals surface area contributed by atoms with Crippen LogP contribution in [0.5, 0.6) is 5.75 Å². The third-order valence-corrected chi connectivity index (χ3v) is 4.12. The molecule has 0 saturated carbocycles. The Bertz CT molecular complexity index is 997. The van der Waals surface area contributed by atoms with Crippen molar-refractivity contribution in [2.45, 2.75) is 26.6 Å². The standard InChI is InChI=1S/C20H17F2NO4/c1-11-17(13-7-3-5-9-15(13)23-11)18(24)12(2)26-19(25)14-8-4-6-10-16(14)27-20(21)22/h3-10,12,20,23H,1-2H3. The van der Waals surface area contributed by atoms with Crippen molar-refractivity contribution in [3.05, 3.63) is 65.4 Å². The zero-order valence-corrected chi connectivity index (χ0v) is 14.7. The number of carbonyl (C=O) groups excluding carboxylic acids is 2. The summed E-state index contributed by atoms with van der Waals surface area (Å²) < 4.78 is 34.6. The predicted molar refractivity (Wildman–Crippen MR) is 95.3 cm³/mol. The number of aromatic amines is 1. The Kier molecular flexibility index (Phi) is 5.21. The van der Waals surface area contributed by atoms with Gasteiger partial charge in [0.15, 0.2) is 6.10 Å². The van der Waals surface area contributed by atoms with Gasteiger partial charge in [-0.2, -0.15) is 8.78 Å². The number of ether oxygens (including phenoxy) is 2. The molecule has 0 radical (unpaired) electrons. The minimum atomic E-state index is -3.08. The number of benzene rings is 2. The molecule has 7 heteroatoms. The Morgan fingerprint density at radius 2 is 1.70 bits per heavy atom. The molecule has 1 unspecified atom stereocenters. The highest BCUT2D eigenvalue weighted by atomic mass is 19.3. The number of aromatic nitrogens is 1. The highest BCUT2D eigenvalue weighted by Crippen LogP contribution is 2.25. The van der Waals surface area contributed by atoms with Gasteiger partial charge in [0.05, 0.1) is 0 Å². The van der Waals surface area contributed by atoms with Crippen LogP contribution in [0.1, 0.15) is 33.3 Å². The van der Waals surface area contributed by atoms with Crippen molar-refractivity contribution in [1.29, 1.82) is 0 Å². The van der Waals surface area contributed by atoms with Crippen LogP contribution in [0.15, 0.2) is 48.5 Å². The fraction of sp³-hybridized carbons (Fsp3) is 0.200. The van der Waals surface area contributed by atoms with E-state index in [0.717, 1.165) is 10.9 Å². The van der Waals surface area contributed by atoms with Crippen LogP contribution in [0.2, 0.25) is 0 Å². The van der Waals surface area contributed by atoms with Gasteiger partial charge in [0.25, 0.3) is 0 Å². The number of rotatable bonds is 6. The Morgan fingerprint density at radius 1 is 1.04 bits per heavy atom. The first kappa shape index (κ1) is 18.6. The smallest absolute Gasteiger partial charge is 0.387 e. The molecule has 0 aliphatic carbocycles. The van der Waals surface area contributed by atoms with Gasteiger partial charge in [0.2, 0.25) is 5.78 Å². The summed E-state index contributed by atoms with van der Waals surface area (Å²) in [6, 6.07) is 12.8. The van der Waals surface area contributed by atoms with E-state index in [1.807, 2.05) is 12.1 Å². The molecule has 1 N–H and O–H groups in total. The van der Waals surface area contributed by atoms with Gasteiger partial charge in [-0.15, -0.1) is 0 Å². The monoisotopic (exact) mass is 373 g/mol. The Hall–Kier alpha value is -3.22. The van der Waals surface area contributed by atoms with Crippen molar-refractivity contribution in [2.75, 3.05) is 0 Å². The number of ketones is 1. The van der Waals surface area contributed by atoms with Gasteiger partial charge < -0.3 is 14.5 Å². The summed E-state index contributed by atoms with van der Waals surface area (Å²) in [5.74, 6) is -1.60. The molecular weight excluding hydrogens is 356 g/mol. The number of esters is 1. The number of hydrogen-bond donors (Lipinski definition) is 1. The topological polar surface area (TPSA) is 68.4 Å². The molecule has 0 bridgehead atoms. The molecule has 1 heterocycles. The zero-order valence-electron chi connectivity index (χ0n) is 14.7. The summed E-state index contributed by atoms with van der Waals surface area (Å²) >= 11 is 0. The molecule has 140 valence electrons. The maximum Gasteiger partial charge on any atom is 0.387 e. The van der Waals surface area contributed by atoms with E-state index in [2.05, 4.69) is 9.72 Å². The number of aryl methyl sites for hydroxylation is 1. The van der Waals surface area contributed by atoms with Gasteiger partial charge in [-0.1, -0.05) is 30.3 Å². The molecule has 3 rings (SSSR count). The van der Waals surface area contributed by atoms with Crippen LogP contribution in [-0.4, -0.2) is 29.5 Å². The fourth-order valence-corrected chi connectivity index (χ4v) is 2.91. The summed E-state index contributed by atoms with van der Waals surface area (Å²) in [6.07, 6.45) is -1.10. The molecule has 0 fully saturated rings. The maximum atomic E-state index is 12.8. The lowest BCUT2D eigenvalue weighted by molar-refractivity contribution is -0.0505. The first-order valence-electron chi connectivity index (χ1n) is 8.25. The van der Waals surface area contributed by atoms with E-state index in [4.69, 9.17) is 4.74 Å². The lowest BCUT2D eigenvalue weighted by Crippen LogP contribution is -2.25. The van der Waals surface area contributed by atoms with Crippen molar-refractivity contribution in [3.63, 3.8) is 0 Å². The van der Waals surface area contributed by atoms with Crippen LogP contribution < -0.4 is 4.74 Å². The molecule has 0 spiro atoms. The quantitative estimate of drug-likeness (QED) is 0.510. The van der Waals surface area contributed by atoms with Crippen molar-refractivity contribution in [1.82, 2.24) is 4.98 Å². The number of carbonyl (C=O) groups is 2. The Balaban J connectivity index is 1.83. The molecule has 0 aliphatic heterocycles. The third kappa shape index (κ3) is 3.81. The largest absolute Gasteiger partial charge is 0.451 e. The number of Topliss-reactive ketones (excluding diaryl/α,β-unsaturated/α-hetero) is 1. The molecule has 5 nitrogen and oxygen atoms in total. The van der Waals surface area contributed by atoms with E-state index < -0.39 is 18.7 Å². The minimum Gasteiger partial charge on any atom is -0.451 e.